The Morgan fingerprint density at radius 1 is 1.19 bits per heavy atom. The Morgan fingerprint density at radius 3 is 2.65 bits per heavy atom. The van der Waals surface area contributed by atoms with Crippen LogP contribution in [0.4, 0.5) is 0 Å². The standard InChI is InChI=1S/C19H22ClN3O3/c1-13(18(25)22-8-3-2-4-9-22)21-17(24)12-23-10-7-14-5-6-15(20)11-16(14)19(23)26/h5-7,10-11,13H,2-4,8-9,12H2,1H3,(H,21,24). The van der Waals surface area contributed by atoms with E-state index in [-0.39, 0.29) is 23.9 Å². The highest BCUT2D eigenvalue weighted by Gasteiger charge is 2.23. The molecule has 138 valence electrons. The van der Waals surface area contributed by atoms with Crippen molar-refractivity contribution in [2.45, 2.75) is 38.8 Å². The van der Waals surface area contributed by atoms with Crippen LogP contribution in [-0.2, 0) is 16.1 Å². The lowest BCUT2D eigenvalue weighted by Crippen LogP contribution is -2.49. The summed E-state index contributed by atoms with van der Waals surface area (Å²) in [5.41, 5.74) is -0.282. The van der Waals surface area contributed by atoms with Crippen molar-refractivity contribution < 1.29 is 9.59 Å². The van der Waals surface area contributed by atoms with Crippen LogP contribution in [0.3, 0.4) is 0 Å². The molecule has 2 amide bonds. The van der Waals surface area contributed by atoms with Gasteiger partial charge in [-0.05, 0) is 49.8 Å². The number of pyridine rings is 1. The fraction of sp³-hybridized carbons (Fsp3) is 0.421. The van der Waals surface area contributed by atoms with Gasteiger partial charge in [0.2, 0.25) is 11.8 Å². The van der Waals surface area contributed by atoms with Crippen molar-refractivity contribution in [3.63, 3.8) is 0 Å². The summed E-state index contributed by atoms with van der Waals surface area (Å²) < 4.78 is 1.33. The van der Waals surface area contributed by atoms with E-state index in [2.05, 4.69) is 5.32 Å². The Hall–Kier alpha value is -2.34. The van der Waals surface area contributed by atoms with E-state index in [0.717, 1.165) is 37.7 Å². The number of halogens is 1. The number of hydrogen-bond acceptors (Lipinski definition) is 3. The third kappa shape index (κ3) is 4.07. The minimum absolute atomic E-state index is 0.0734. The van der Waals surface area contributed by atoms with Gasteiger partial charge in [-0.1, -0.05) is 17.7 Å². The summed E-state index contributed by atoms with van der Waals surface area (Å²) >= 11 is 5.96. The van der Waals surface area contributed by atoms with Gasteiger partial charge in [-0.15, -0.1) is 0 Å². The molecule has 1 aliphatic heterocycles. The number of nitrogens with zero attached hydrogens (tertiary/aromatic N) is 2. The molecule has 1 aromatic carbocycles. The lowest BCUT2D eigenvalue weighted by molar-refractivity contribution is -0.136. The number of carbonyl (C=O) groups is 2. The molecule has 0 aliphatic carbocycles. The molecule has 1 aliphatic rings. The van der Waals surface area contributed by atoms with Crippen molar-refractivity contribution >= 4 is 34.2 Å². The number of amides is 2. The molecule has 2 aromatic rings. The van der Waals surface area contributed by atoms with Crippen LogP contribution in [-0.4, -0.2) is 40.4 Å². The molecule has 0 spiro atoms. The van der Waals surface area contributed by atoms with Crippen LogP contribution in [0.15, 0.2) is 35.3 Å². The van der Waals surface area contributed by atoms with Crippen LogP contribution in [0.25, 0.3) is 10.8 Å². The minimum Gasteiger partial charge on any atom is -0.343 e. The molecule has 1 N–H and O–H groups in total. The molecule has 6 nitrogen and oxygen atoms in total. The first-order valence-electron chi connectivity index (χ1n) is 8.82. The van der Waals surface area contributed by atoms with E-state index in [1.165, 1.54) is 4.57 Å². The van der Waals surface area contributed by atoms with Crippen molar-refractivity contribution in [3.8, 4) is 0 Å². The van der Waals surface area contributed by atoms with Crippen LogP contribution in [0, 0.1) is 0 Å². The van der Waals surface area contributed by atoms with Gasteiger partial charge in [0.1, 0.15) is 12.6 Å². The number of hydrogen-bond donors (Lipinski definition) is 1. The van der Waals surface area contributed by atoms with Gasteiger partial charge in [-0.3, -0.25) is 14.4 Å². The fourth-order valence-corrected chi connectivity index (χ4v) is 3.44. The molecule has 1 unspecified atom stereocenters. The van der Waals surface area contributed by atoms with E-state index < -0.39 is 6.04 Å². The van der Waals surface area contributed by atoms with Crippen LogP contribution in [0.5, 0.6) is 0 Å². The van der Waals surface area contributed by atoms with E-state index in [1.54, 1.807) is 42.3 Å². The first-order valence-corrected chi connectivity index (χ1v) is 9.20. The average molecular weight is 376 g/mol. The molecule has 2 heterocycles. The van der Waals surface area contributed by atoms with Gasteiger partial charge in [0, 0.05) is 29.7 Å². The number of fused-ring (bicyclic) bond motifs is 1. The van der Waals surface area contributed by atoms with Crippen LogP contribution < -0.4 is 10.9 Å². The zero-order chi connectivity index (χ0) is 18.7. The molecule has 26 heavy (non-hydrogen) atoms. The van der Waals surface area contributed by atoms with E-state index >= 15 is 0 Å². The Balaban J connectivity index is 1.68. The van der Waals surface area contributed by atoms with Gasteiger partial charge < -0.3 is 14.8 Å². The summed E-state index contributed by atoms with van der Waals surface area (Å²) in [7, 11) is 0. The molecular weight excluding hydrogens is 354 g/mol. The summed E-state index contributed by atoms with van der Waals surface area (Å²) in [5, 5.41) is 4.40. The molecular formula is C19H22ClN3O3. The Kier molecular flexibility index (Phi) is 5.61. The van der Waals surface area contributed by atoms with E-state index in [1.807, 2.05) is 0 Å². The SMILES string of the molecule is CC(NC(=O)Cn1ccc2ccc(Cl)cc2c1=O)C(=O)N1CCCCC1. The molecule has 0 saturated carbocycles. The summed E-state index contributed by atoms with van der Waals surface area (Å²) in [6.45, 7) is 3.02. The predicted octanol–water partition coefficient (Wildman–Crippen LogP) is 2.17. The number of aromatic nitrogens is 1. The average Bonchev–Trinajstić information content (AvgIpc) is 2.64. The van der Waals surface area contributed by atoms with Gasteiger partial charge in [-0.25, -0.2) is 0 Å². The first-order chi connectivity index (χ1) is 12.5. The first kappa shape index (κ1) is 18.5. The Morgan fingerprint density at radius 2 is 1.92 bits per heavy atom. The molecule has 1 fully saturated rings. The molecule has 0 radical (unpaired) electrons. The number of likely N-dealkylation sites (tertiary alicyclic amines) is 1. The monoisotopic (exact) mass is 375 g/mol. The lowest BCUT2D eigenvalue weighted by Gasteiger charge is -2.29. The second kappa shape index (κ2) is 7.91. The largest absolute Gasteiger partial charge is 0.343 e. The number of rotatable bonds is 4. The Bertz CT molecular complexity index is 887. The van der Waals surface area contributed by atoms with E-state index in [0.29, 0.717) is 10.4 Å². The van der Waals surface area contributed by atoms with Crippen molar-refractivity contribution in [1.82, 2.24) is 14.8 Å². The van der Waals surface area contributed by atoms with Gasteiger partial charge in [0.05, 0.1) is 0 Å². The van der Waals surface area contributed by atoms with Crippen LogP contribution in [0.2, 0.25) is 5.02 Å². The van der Waals surface area contributed by atoms with Gasteiger partial charge >= 0.3 is 0 Å². The van der Waals surface area contributed by atoms with Gasteiger partial charge in [0.15, 0.2) is 0 Å². The van der Waals surface area contributed by atoms with E-state index in [9.17, 15) is 14.4 Å². The third-order valence-electron chi connectivity index (χ3n) is 4.67. The quantitative estimate of drug-likeness (QED) is 0.890. The van der Waals surface area contributed by atoms with E-state index in [4.69, 9.17) is 11.6 Å². The normalized spacial score (nSPS) is 15.7. The van der Waals surface area contributed by atoms with Gasteiger partial charge in [0.25, 0.3) is 5.56 Å². The maximum atomic E-state index is 12.5. The molecule has 1 atom stereocenters. The second-order valence-electron chi connectivity index (χ2n) is 6.66. The topological polar surface area (TPSA) is 71.4 Å². The second-order valence-corrected chi connectivity index (χ2v) is 7.09. The summed E-state index contributed by atoms with van der Waals surface area (Å²) in [4.78, 5) is 39.0. The fourth-order valence-electron chi connectivity index (χ4n) is 3.27. The molecule has 1 aromatic heterocycles. The molecule has 1 saturated heterocycles. The number of carbonyl (C=O) groups excluding carboxylic acids is 2. The summed E-state index contributed by atoms with van der Waals surface area (Å²) in [6.07, 6.45) is 4.72. The van der Waals surface area contributed by atoms with Gasteiger partial charge in [-0.2, -0.15) is 0 Å². The molecule has 7 heteroatoms. The third-order valence-corrected chi connectivity index (χ3v) is 4.91. The highest BCUT2D eigenvalue weighted by atomic mass is 35.5. The Labute approximate surface area is 156 Å². The minimum atomic E-state index is -0.605. The zero-order valence-corrected chi connectivity index (χ0v) is 15.5. The highest BCUT2D eigenvalue weighted by molar-refractivity contribution is 6.31. The van der Waals surface area contributed by atoms with Crippen molar-refractivity contribution in [2.24, 2.45) is 0 Å². The maximum Gasteiger partial charge on any atom is 0.258 e. The predicted molar refractivity (Wildman–Crippen MR) is 101 cm³/mol. The smallest absolute Gasteiger partial charge is 0.258 e. The van der Waals surface area contributed by atoms with Crippen molar-refractivity contribution in [2.75, 3.05) is 13.1 Å². The van der Waals surface area contributed by atoms with Crippen LogP contribution >= 0.6 is 11.6 Å². The summed E-state index contributed by atoms with van der Waals surface area (Å²) in [5.74, 6) is -0.443. The zero-order valence-electron chi connectivity index (χ0n) is 14.7. The number of piperidine rings is 1. The molecule has 3 rings (SSSR count). The lowest BCUT2D eigenvalue weighted by atomic mass is 10.1. The molecule has 0 bridgehead atoms. The van der Waals surface area contributed by atoms with Crippen molar-refractivity contribution in [3.05, 3.63) is 45.8 Å². The summed E-state index contributed by atoms with van der Waals surface area (Å²) in [6, 6.07) is 6.24. The number of benzene rings is 1. The maximum absolute atomic E-state index is 12.5. The number of nitrogens with one attached hydrogen (secondary N) is 1. The van der Waals surface area contributed by atoms with Crippen LogP contribution in [0.1, 0.15) is 26.2 Å². The highest BCUT2D eigenvalue weighted by Crippen LogP contribution is 2.16. The van der Waals surface area contributed by atoms with Crippen molar-refractivity contribution in [1.29, 1.82) is 0 Å².